The predicted molar refractivity (Wildman–Crippen MR) is 58.3 cm³/mol. The van der Waals surface area contributed by atoms with Gasteiger partial charge in [0.1, 0.15) is 0 Å². The molecule has 0 aliphatic heterocycles. The Morgan fingerprint density at radius 1 is 1.60 bits per heavy atom. The SMILES string of the molecule is Cc1cc(COC2CC(CN)C2)n(C)n1. The van der Waals surface area contributed by atoms with Crippen LogP contribution in [0.25, 0.3) is 0 Å². The maximum Gasteiger partial charge on any atom is 0.0888 e. The van der Waals surface area contributed by atoms with E-state index < -0.39 is 0 Å². The van der Waals surface area contributed by atoms with Crippen molar-refractivity contribution in [3.05, 3.63) is 17.5 Å². The van der Waals surface area contributed by atoms with Crippen LogP contribution in [0.4, 0.5) is 0 Å². The number of rotatable bonds is 4. The summed E-state index contributed by atoms with van der Waals surface area (Å²) in [5.74, 6) is 0.684. The minimum absolute atomic E-state index is 0.411. The van der Waals surface area contributed by atoms with E-state index in [-0.39, 0.29) is 0 Å². The van der Waals surface area contributed by atoms with Crippen LogP contribution in [-0.4, -0.2) is 22.4 Å². The summed E-state index contributed by atoms with van der Waals surface area (Å²) < 4.78 is 7.66. The van der Waals surface area contributed by atoms with Crippen LogP contribution in [0.5, 0.6) is 0 Å². The van der Waals surface area contributed by atoms with Crippen molar-refractivity contribution in [1.82, 2.24) is 9.78 Å². The molecule has 1 saturated carbocycles. The molecule has 2 rings (SSSR count). The molecule has 1 aromatic rings. The van der Waals surface area contributed by atoms with Crippen molar-refractivity contribution in [2.45, 2.75) is 32.5 Å². The third-order valence-corrected chi connectivity index (χ3v) is 3.09. The van der Waals surface area contributed by atoms with Gasteiger partial charge in [0.15, 0.2) is 0 Å². The molecule has 1 aliphatic carbocycles. The third kappa shape index (κ3) is 2.38. The monoisotopic (exact) mass is 209 g/mol. The summed E-state index contributed by atoms with van der Waals surface area (Å²) in [6.07, 6.45) is 2.65. The fourth-order valence-electron chi connectivity index (χ4n) is 2.01. The largest absolute Gasteiger partial charge is 0.372 e. The first-order chi connectivity index (χ1) is 7.19. The fourth-order valence-corrected chi connectivity index (χ4v) is 2.01. The molecule has 0 aromatic carbocycles. The van der Waals surface area contributed by atoms with Crippen molar-refractivity contribution >= 4 is 0 Å². The van der Waals surface area contributed by atoms with Gasteiger partial charge in [-0.05, 0) is 38.3 Å². The molecule has 0 amide bonds. The van der Waals surface area contributed by atoms with Gasteiger partial charge in [-0.25, -0.2) is 0 Å². The smallest absolute Gasteiger partial charge is 0.0888 e. The molecule has 4 heteroatoms. The van der Waals surface area contributed by atoms with E-state index in [1.165, 1.54) is 0 Å². The third-order valence-electron chi connectivity index (χ3n) is 3.09. The normalized spacial score (nSPS) is 25.3. The van der Waals surface area contributed by atoms with E-state index in [0.717, 1.165) is 30.8 Å². The zero-order chi connectivity index (χ0) is 10.8. The van der Waals surface area contributed by atoms with E-state index in [1.54, 1.807) is 0 Å². The summed E-state index contributed by atoms with van der Waals surface area (Å²) in [6.45, 7) is 3.46. The number of aryl methyl sites for hydroxylation is 2. The summed E-state index contributed by atoms with van der Waals surface area (Å²) in [7, 11) is 1.95. The van der Waals surface area contributed by atoms with Crippen molar-refractivity contribution in [1.29, 1.82) is 0 Å². The molecule has 1 aliphatic rings. The lowest BCUT2D eigenvalue weighted by molar-refractivity contribution is -0.0397. The highest BCUT2D eigenvalue weighted by Crippen LogP contribution is 2.29. The molecule has 84 valence electrons. The Balaban J connectivity index is 1.77. The molecular formula is C11H19N3O. The zero-order valence-electron chi connectivity index (χ0n) is 9.44. The van der Waals surface area contributed by atoms with E-state index in [1.807, 2.05) is 18.7 Å². The molecule has 0 radical (unpaired) electrons. The number of nitrogens with two attached hydrogens (primary N) is 1. The summed E-state index contributed by atoms with van der Waals surface area (Å²) in [5, 5.41) is 4.28. The lowest BCUT2D eigenvalue weighted by atomic mass is 9.82. The number of ether oxygens (including phenoxy) is 1. The summed E-state index contributed by atoms with van der Waals surface area (Å²) >= 11 is 0. The van der Waals surface area contributed by atoms with Gasteiger partial charge in [0, 0.05) is 7.05 Å². The number of hydrogen-bond acceptors (Lipinski definition) is 3. The standard InChI is InChI=1S/C11H19N3O/c1-8-3-10(14(2)13-8)7-15-11-4-9(5-11)6-12/h3,9,11H,4-7,12H2,1-2H3. The van der Waals surface area contributed by atoms with Crippen LogP contribution < -0.4 is 5.73 Å². The zero-order valence-corrected chi connectivity index (χ0v) is 9.44. The minimum Gasteiger partial charge on any atom is -0.372 e. The van der Waals surface area contributed by atoms with Gasteiger partial charge in [-0.1, -0.05) is 0 Å². The van der Waals surface area contributed by atoms with Gasteiger partial charge >= 0.3 is 0 Å². The predicted octanol–water partition coefficient (Wildman–Crippen LogP) is 0.982. The quantitative estimate of drug-likeness (QED) is 0.804. The van der Waals surface area contributed by atoms with E-state index in [0.29, 0.717) is 18.6 Å². The van der Waals surface area contributed by atoms with Crippen molar-refractivity contribution in [3.8, 4) is 0 Å². The average molecular weight is 209 g/mol. The highest BCUT2D eigenvalue weighted by Gasteiger charge is 2.28. The van der Waals surface area contributed by atoms with Crippen molar-refractivity contribution in [2.24, 2.45) is 18.7 Å². The Morgan fingerprint density at radius 2 is 2.33 bits per heavy atom. The molecule has 0 bridgehead atoms. The Morgan fingerprint density at radius 3 is 2.87 bits per heavy atom. The van der Waals surface area contributed by atoms with Gasteiger partial charge in [0.2, 0.25) is 0 Å². The van der Waals surface area contributed by atoms with Gasteiger partial charge in [-0.2, -0.15) is 5.10 Å². The number of hydrogen-bond donors (Lipinski definition) is 1. The maximum atomic E-state index is 5.77. The lowest BCUT2D eigenvalue weighted by Gasteiger charge is -2.34. The molecule has 0 spiro atoms. The van der Waals surface area contributed by atoms with Crippen LogP contribution in [0.2, 0.25) is 0 Å². The molecular weight excluding hydrogens is 190 g/mol. The van der Waals surface area contributed by atoms with Crippen molar-refractivity contribution in [3.63, 3.8) is 0 Å². The first-order valence-corrected chi connectivity index (χ1v) is 5.50. The van der Waals surface area contributed by atoms with Crippen LogP contribution in [0, 0.1) is 12.8 Å². The molecule has 1 heterocycles. The second-order valence-electron chi connectivity index (χ2n) is 4.41. The Hall–Kier alpha value is -0.870. The first-order valence-electron chi connectivity index (χ1n) is 5.50. The van der Waals surface area contributed by atoms with E-state index in [4.69, 9.17) is 10.5 Å². The summed E-state index contributed by atoms with van der Waals surface area (Å²) in [5.41, 5.74) is 7.75. The fraction of sp³-hybridized carbons (Fsp3) is 0.727. The molecule has 0 unspecified atom stereocenters. The van der Waals surface area contributed by atoms with Gasteiger partial charge in [0.25, 0.3) is 0 Å². The van der Waals surface area contributed by atoms with E-state index >= 15 is 0 Å². The van der Waals surface area contributed by atoms with Crippen molar-refractivity contribution < 1.29 is 4.74 Å². The number of aromatic nitrogens is 2. The summed E-state index contributed by atoms with van der Waals surface area (Å²) in [6, 6.07) is 2.07. The highest BCUT2D eigenvalue weighted by atomic mass is 16.5. The van der Waals surface area contributed by atoms with Crippen LogP contribution in [0.3, 0.4) is 0 Å². The van der Waals surface area contributed by atoms with Gasteiger partial charge in [0.05, 0.1) is 24.1 Å². The average Bonchev–Trinajstić information content (AvgIpc) is 2.43. The topological polar surface area (TPSA) is 53.1 Å². The molecule has 0 atom stereocenters. The lowest BCUT2D eigenvalue weighted by Crippen LogP contribution is -2.35. The van der Waals surface area contributed by atoms with Crippen LogP contribution >= 0.6 is 0 Å². The Labute approximate surface area is 90.4 Å². The molecule has 1 aromatic heterocycles. The highest BCUT2D eigenvalue weighted by molar-refractivity contribution is 5.07. The Bertz CT molecular complexity index is 329. The maximum absolute atomic E-state index is 5.77. The minimum atomic E-state index is 0.411. The molecule has 1 fully saturated rings. The number of nitrogens with zero attached hydrogens (tertiary/aromatic N) is 2. The molecule has 0 saturated heterocycles. The molecule has 4 nitrogen and oxygen atoms in total. The van der Waals surface area contributed by atoms with Gasteiger partial charge in [-0.3, -0.25) is 4.68 Å². The second kappa shape index (κ2) is 4.33. The Kier molecular flexibility index (Phi) is 3.07. The van der Waals surface area contributed by atoms with E-state index in [2.05, 4.69) is 11.2 Å². The van der Waals surface area contributed by atoms with Gasteiger partial charge < -0.3 is 10.5 Å². The second-order valence-corrected chi connectivity index (χ2v) is 4.41. The first kappa shape index (κ1) is 10.6. The van der Waals surface area contributed by atoms with Crippen molar-refractivity contribution in [2.75, 3.05) is 6.54 Å². The van der Waals surface area contributed by atoms with Crippen LogP contribution in [0.1, 0.15) is 24.2 Å². The molecule has 2 N–H and O–H groups in total. The van der Waals surface area contributed by atoms with Gasteiger partial charge in [-0.15, -0.1) is 0 Å². The van der Waals surface area contributed by atoms with Crippen LogP contribution in [0.15, 0.2) is 6.07 Å². The van der Waals surface area contributed by atoms with Crippen LogP contribution in [-0.2, 0) is 18.4 Å². The molecule has 15 heavy (non-hydrogen) atoms. The summed E-state index contributed by atoms with van der Waals surface area (Å²) in [4.78, 5) is 0. The van der Waals surface area contributed by atoms with E-state index in [9.17, 15) is 0 Å².